The van der Waals surface area contributed by atoms with Crippen molar-refractivity contribution >= 4 is 5.96 Å². The van der Waals surface area contributed by atoms with Crippen LogP contribution in [0.25, 0.3) is 11.3 Å². The molecule has 2 heterocycles. The molecule has 3 aromatic rings. The van der Waals surface area contributed by atoms with Crippen molar-refractivity contribution in [2.45, 2.75) is 32.5 Å². The first-order chi connectivity index (χ1) is 15.2. The van der Waals surface area contributed by atoms with Gasteiger partial charge in [0, 0.05) is 37.2 Å². The summed E-state index contributed by atoms with van der Waals surface area (Å²) in [6.07, 6.45) is 1.04. The van der Waals surface area contributed by atoms with E-state index in [9.17, 15) is 0 Å². The van der Waals surface area contributed by atoms with E-state index in [2.05, 4.69) is 45.9 Å². The molecule has 31 heavy (non-hydrogen) atoms. The number of aryl methyl sites for hydroxylation is 1. The van der Waals surface area contributed by atoms with Crippen LogP contribution in [-0.2, 0) is 17.8 Å². The Balaban J connectivity index is 1.33. The average molecular weight is 421 g/mol. The number of nitrogens with one attached hydrogen (secondary N) is 2. The average Bonchev–Trinajstić information content (AvgIpc) is 3.48. The van der Waals surface area contributed by atoms with Crippen molar-refractivity contribution in [2.75, 3.05) is 20.3 Å². The summed E-state index contributed by atoms with van der Waals surface area (Å²) in [5.41, 5.74) is 4.05. The van der Waals surface area contributed by atoms with Crippen LogP contribution in [0.5, 0.6) is 5.75 Å². The Bertz CT molecular complexity index is 1010. The first-order valence-corrected chi connectivity index (χ1v) is 10.5. The van der Waals surface area contributed by atoms with E-state index < -0.39 is 0 Å². The molecule has 0 radical (unpaired) electrons. The maximum atomic E-state index is 6.18. The van der Waals surface area contributed by atoms with Crippen molar-refractivity contribution in [1.82, 2.24) is 15.8 Å². The molecule has 0 spiro atoms. The van der Waals surface area contributed by atoms with Crippen LogP contribution < -0.4 is 15.4 Å². The van der Waals surface area contributed by atoms with Gasteiger partial charge in [-0.3, -0.25) is 4.99 Å². The van der Waals surface area contributed by atoms with E-state index in [1.807, 2.05) is 36.4 Å². The number of benzene rings is 2. The molecule has 2 aromatic carbocycles. The molecular weight excluding hydrogens is 392 g/mol. The molecule has 0 saturated carbocycles. The predicted molar refractivity (Wildman–Crippen MR) is 120 cm³/mol. The third kappa shape index (κ3) is 5.64. The topological polar surface area (TPSA) is 80.9 Å². The Morgan fingerprint density at radius 1 is 1.13 bits per heavy atom. The molecule has 1 aliphatic rings. The molecule has 0 amide bonds. The fourth-order valence-electron chi connectivity index (χ4n) is 3.41. The number of hydrogen-bond donors (Lipinski definition) is 2. The molecule has 1 unspecified atom stereocenters. The second-order valence-electron chi connectivity index (χ2n) is 7.54. The van der Waals surface area contributed by atoms with Crippen molar-refractivity contribution in [1.29, 1.82) is 0 Å². The molecule has 7 nitrogen and oxygen atoms in total. The highest BCUT2D eigenvalue weighted by Crippen LogP contribution is 2.24. The molecule has 4 rings (SSSR count). The monoisotopic (exact) mass is 420 g/mol. The van der Waals surface area contributed by atoms with Gasteiger partial charge in [-0.2, -0.15) is 0 Å². The molecular formula is C24H28N4O3. The molecule has 0 bridgehead atoms. The van der Waals surface area contributed by atoms with Crippen LogP contribution in [0, 0.1) is 6.92 Å². The zero-order valence-corrected chi connectivity index (χ0v) is 17.9. The number of nitrogens with zero attached hydrogens (tertiary/aromatic N) is 2. The number of guanidine groups is 1. The molecule has 1 aromatic heterocycles. The van der Waals surface area contributed by atoms with Gasteiger partial charge in [-0.25, -0.2) is 0 Å². The van der Waals surface area contributed by atoms with Gasteiger partial charge >= 0.3 is 0 Å². The molecule has 7 heteroatoms. The van der Waals surface area contributed by atoms with Crippen molar-refractivity contribution in [2.24, 2.45) is 4.99 Å². The Kier molecular flexibility index (Phi) is 6.84. The molecule has 162 valence electrons. The summed E-state index contributed by atoms with van der Waals surface area (Å²) in [5, 5.41) is 10.8. The quantitative estimate of drug-likeness (QED) is 0.448. The summed E-state index contributed by atoms with van der Waals surface area (Å²) >= 11 is 0. The molecule has 1 atom stereocenters. The summed E-state index contributed by atoms with van der Waals surface area (Å²) < 4.78 is 17.1. The highest BCUT2D eigenvalue weighted by molar-refractivity contribution is 5.79. The van der Waals surface area contributed by atoms with E-state index >= 15 is 0 Å². The van der Waals surface area contributed by atoms with Gasteiger partial charge in [-0.1, -0.05) is 47.6 Å². The number of hydrogen-bond acceptors (Lipinski definition) is 5. The highest BCUT2D eigenvalue weighted by atomic mass is 16.5. The molecule has 1 aliphatic heterocycles. The van der Waals surface area contributed by atoms with E-state index in [0.29, 0.717) is 25.7 Å². The largest absolute Gasteiger partial charge is 0.488 e. The Hall–Kier alpha value is -3.32. The summed E-state index contributed by atoms with van der Waals surface area (Å²) in [6, 6.07) is 18.1. The van der Waals surface area contributed by atoms with Gasteiger partial charge in [0.2, 0.25) is 0 Å². The first-order valence-electron chi connectivity index (χ1n) is 10.5. The second-order valence-corrected chi connectivity index (χ2v) is 7.54. The summed E-state index contributed by atoms with van der Waals surface area (Å²) in [6.45, 7) is 4.57. The minimum Gasteiger partial charge on any atom is -0.488 e. The lowest BCUT2D eigenvalue weighted by atomic mass is 10.1. The lowest BCUT2D eigenvalue weighted by Gasteiger charge is -2.18. The lowest BCUT2D eigenvalue weighted by molar-refractivity contribution is 0.140. The van der Waals surface area contributed by atoms with Crippen molar-refractivity contribution in [3.05, 3.63) is 71.4 Å². The summed E-state index contributed by atoms with van der Waals surface area (Å²) in [7, 11) is 1.75. The number of aromatic nitrogens is 1. The van der Waals surface area contributed by atoms with E-state index in [1.54, 1.807) is 7.05 Å². The Morgan fingerprint density at radius 2 is 1.97 bits per heavy atom. The SMILES string of the molecule is CN=C(NCc1cc(-c2ccccc2)on1)NCc1ccc(C)cc1OC1CCOC1. The number of aliphatic imine (C=N–C) groups is 1. The van der Waals surface area contributed by atoms with Crippen LogP contribution in [0.3, 0.4) is 0 Å². The van der Waals surface area contributed by atoms with Gasteiger partial charge in [0.05, 0.1) is 19.8 Å². The van der Waals surface area contributed by atoms with Gasteiger partial charge in [0.1, 0.15) is 17.5 Å². The fraction of sp³-hybridized carbons (Fsp3) is 0.333. The molecule has 0 aliphatic carbocycles. The second kappa shape index (κ2) is 10.1. The summed E-state index contributed by atoms with van der Waals surface area (Å²) in [5.74, 6) is 2.32. The zero-order chi connectivity index (χ0) is 21.5. The zero-order valence-electron chi connectivity index (χ0n) is 17.9. The van der Waals surface area contributed by atoms with Gasteiger partial charge in [0.15, 0.2) is 11.7 Å². The van der Waals surface area contributed by atoms with E-state index in [0.717, 1.165) is 41.4 Å². The third-order valence-corrected chi connectivity index (χ3v) is 5.13. The fourth-order valence-corrected chi connectivity index (χ4v) is 3.41. The first kappa shape index (κ1) is 20.9. The van der Waals surface area contributed by atoms with E-state index in [-0.39, 0.29) is 6.10 Å². The maximum absolute atomic E-state index is 6.18. The van der Waals surface area contributed by atoms with Crippen LogP contribution in [0.1, 0.15) is 23.2 Å². The van der Waals surface area contributed by atoms with Gasteiger partial charge < -0.3 is 24.6 Å². The molecule has 1 fully saturated rings. The Labute approximate surface area is 182 Å². The van der Waals surface area contributed by atoms with Gasteiger partial charge in [-0.15, -0.1) is 0 Å². The van der Waals surface area contributed by atoms with E-state index in [4.69, 9.17) is 14.0 Å². The van der Waals surface area contributed by atoms with E-state index in [1.165, 1.54) is 5.56 Å². The smallest absolute Gasteiger partial charge is 0.191 e. The van der Waals surface area contributed by atoms with Crippen molar-refractivity contribution < 1.29 is 14.0 Å². The van der Waals surface area contributed by atoms with Crippen LogP contribution in [0.15, 0.2) is 64.1 Å². The van der Waals surface area contributed by atoms with Gasteiger partial charge in [-0.05, 0) is 18.6 Å². The number of ether oxygens (including phenoxy) is 2. The van der Waals surface area contributed by atoms with Crippen molar-refractivity contribution in [3.63, 3.8) is 0 Å². The number of rotatable bonds is 7. The predicted octanol–water partition coefficient (Wildman–Crippen LogP) is 3.68. The Morgan fingerprint density at radius 3 is 2.74 bits per heavy atom. The van der Waals surface area contributed by atoms with Crippen molar-refractivity contribution in [3.8, 4) is 17.1 Å². The standard InChI is InChI=1S/C24H28N4O3/c1-17-8-9-19(22(12-17)30-21-10-11-29-16-21)14-26-24(25-2)27-15-20-13-23(31-28-20)18-6-4-3-5-7-18/h3-9,12-13,21H,10-11,14-16H2,1-2H3,(H2,25,26,27). The van der Waals surface area contributed by atoms with Crippen LogP contribution >= 0.6 is 0 Å². The lowest BCUT2D eigenvalue weighted by Crippen LogP contribution is -2.36. The normalized spacial score (nSPS) is 16.3. The van der Waals surface area contributed by atoms with Crippen LogP contribution in [0.4, 0.5) is 0 Å². The van der Waals surface area contributed by atoms with Crippen LogP contribution in [0.2, 0.25) is 0 Å². The molecule has 2 N–H and O–H groups in total. The highest BCUT2D eigenvalue weighted by Gasteiger charge is 2.19. The minimum atomic E-state index is 0.115. The molecule has 1 saturated heterocycles. The summed E-state index contributed by atoms with van der Waals surface area (Å²) in [4.78, 5) is 4.31. The minimum absolute atomic E-state index is 0.115. The maximum Gasteiger partial charge on any atom is 0.191 e. The third-order valence-electron chi connectivity index (χ3n) is 5.13. The van der Waals surface area contributed by atoms with Crippen LogP contribution in [-0.4, -0.2) is 37.5 Å². The van der Waals surface area contributed by atoms with Gasteiger partial charge in [0.25, 0.3) is 0 Å².